The summed E-state index contributed by atoms with van der Waals surface area (Å²) in [5, 5.41) is 13.0. The summed E-state index contributed by atoms with van der Waals surface area (Å²) >= 11 is 1.48. The molecule has 26 heavy (non-hydrogen) atoms. The lowest BCUT2D eigenvalue weighted by Gasteiger charge is -2.06. The van der Waals surface area contributed by atoms with E-state index in [1.165, 1.54) is 46.9 Å². The first-order chi connectivity index (χ1) is 12.5. The summed E-state index contributed by atoms with van der Waals surface area (Å²) in [6.45, 7) is 1.58. The number of nitriles is 1. The number of carbonyl (C=O) groups excluding carboxylic acids is 1. The van der Waals surface area contributed by atoms with E-state index in [9.17, 15) is 18.5 Å². The first-order valence-electron chi connectivity index (χ1n) is 8.65. The Morgan fingerprint density at radius 1 is 1.19 bits per heavy atom. The van der Waals surface area contributed by atoms with Gasteiger partial charge in [-0.2, -0.15) is 5.26 Å². The quantitative estimate of drug-likeness (QED) is 0.804. The summed E-state index contributed by atoms with van der Waals surface area (Å²) in [4.78, 5) is 13.9. The smallest absolute Gasteiger partial charge is 0.256 e. The summed E-state index contributed by atoms with van der Waals surface area (Å²) < 4.78 is 23.7. The van der Waals surface area contributed by atoms with Crippen LogP contribution in [0, 0.1) is 11.3 Å². The Morgan fingerprint density at radius 3 is 2.54 bits per heavy atom. The molecule has 1 aromatic carbocycles. The number of sulfone groups is 1. The SMILES string of the molecule is CCS(=O)(=O)c1ccc(C(=O)Nc2sc3c(c2C#N)CCCCC3)cc1. The summed E-state index contributed by atoms with van der Waals surface area (Å²) in [7, 11) is -3.29. The van der Waals surface area contributed by atoms with Gasteiger partial charge in [-0.1, -0.05) is 13.3 Å². The van der Waals surface area contributed by atoms with Gasteiger partial charge >= 0.3 is 0 Å². The van der Waals surface area contributed by atoms with E-state index in [0.29, 0.717) is 16.1 Å². The molecule has 0 bridgehead atoms. The van der Waals surface area contributed by atoms with Crippen LogP contribution in [-0.2, 0) is 22.7 Å². The minimum absolute atomic E-state index is 0.0187. The molecule has 0 aliphatic heterocycles. The van der Waals surface area contributed by atoms with E-state index in [1.807, 2.05) is 0 Å². The van der Waals surface area contributed by atoms with E-state index in [4.69, 9.17) is 0 Å². The Balaban J connectivity index is 1.84. The van der Waals surface area contributed by atoms with Crippen LogP contribution in [0.1, 0.15) is 52.5 Å². The average molecular weight is 389 g/mol. The Kier molecular flexibility index (Phi) is 5.44. The number of carbonyl (C=O) groups is 1. The third-order valence-electron chi connectivity index (χ3n) is 4.62. The maximum Gasteiger partial charge on any atom is 0.256 e. The van der Waals surface area contributed by atoms with Crippen LogP contribution in [0.2, 0.25) is 0 Å². The normalized spacial score (nSPS) is 14.2. The number of fused-ring (bicyclic) bond motifs is 1. The molecule has 1 heterocycles. The summed E-state index contributed by atoms with van der Waals surface area (Å²) in [5.41, 5.74) is 2.02. The summed E-state index contributed by atoms with van der Waals surface area (Å²) in [6, 6.07) is 8.14. The number of hydrogen-bond donors (Lipinski definition) is 1. The molecule has 7 heteroatoms. The van der Waals surface area contributed by atoms with E-state index in [2.05, 4.69) is 11.4 Å². The molecule has 136 valence electrons. The number of thiophene rings is 1. The summed E-state index contributed by atoms with van der Waals surface area (Å²) in [5.74, 6) is -0.316. The number of amides is 1. The average Bonchev–Trinajstić information content (AvgIpc) is 2.81. The van der Waals surface area contributed by atoms with Gasteiger partial charge < -0.3 is 5.32 Å². The molecule has 1 amide bonds. The number of anilines is 1. The van der Waals surface area contributed by atoms with Gasteiger partial charge in [-0.25, -0.2) is 8.42 Å². The van der Waals surface area contributed by atoms with Crippen LogP contribution in [0.25, 0.3) is 0 Å². The summed E-state index contributed by atoms with van der Waals surface area (Å²) in [6.07, 6.45) is 5.18. The molecule has 0 saturated heterocycles. The molecule has 5 nitrogen and oxygen atoms in total. The molecule has 1 aromatic heterocycles. The highest BCUT2D eigenvalue weighted by Crippen LogP contribution is 2.37. The van der Waals surface area contributed by atoms with Crippen LogP contribution >= 0.6 is 11.3 Å². The molecule has 3 rings (SSSR count). The van der Waals surface area contributed by atoms with Crippen molar-refractivity contribution in [3.8, 4) is 6.07 Å². The van der Waals surface area contributed by atoms with Gasteiger partial charge in [0.1, 0.15) is 11.1 Å². The standard InChI is InChI=1S/C19H20N2O3S2/c1-2-26(23,24)14-10-8-13(9-11-14)18(22)21-19-16(12-20)15-6-4-3-5-7-17(15)25-19/h8-11H,2-7H2,1H3,(H,21,22). The zero-order chi connectivity index (χ0) is 18.7. The van der Waals surface area contributed by atoms with Crippen LogP contribution in [0.4, 0.5) is 5.00 Å². The van der Waals surface area contributed by atoms with E-state index in [1.54, 1.807) is 6.92 Å². The third kappa shape index (κ3) is 3.67. The van der Waals surface area contributed by atoms with E-state index in [-0.39, 0.29) is 16.6 Å². The number of aryl methyl sites for hydroxylation is 1. The highest BCUT2D eigenvalue weighted by Gasteiger charge is 2.21. The molecule has 0 spiro atoms. The molecule has 0 atom stereocenters. The van der Waals surface area contributed by atoms with Crippen molar-refractivity contribution in [1.82, 2.24) is 0 Å². The van der Waals surface area contributed by atoms with Crippen molar-refractivity contribution >= 4 is 32.1 Å². The van der Waals surface area contributed by atoms with Gasteiger partial charge in [-0.3, -0.25) is 4.79 Å². The Hall–Kier alpha value is -2.17. The highest BCUT2D eigenvalue weighted by molar-refractivity contribution is 7.91. The van der Waals surface area contributed by atoms with E-state index in [0.717, 1.165) is 31.2 Å². The van der Waals surface area contributed by atoms with Gasteiger partial charge in [0.25, 0.3) is 5.91 Å². The first-order valence-corrected chi connectivity index (χ1v) is 11.1. The minimum Gasteiger partial charge on any atom is -0.312 e. The zero-order valence-electron chi connectivity index (χ0n) is 14.5. The fraction of sp³-hybridized carbons (Fsp3) is 0.368. The molecule has 1 aliphatic carbocycles. The topological polar surface area (TPSA) is 87.0 Å². The third-order valence-corrected chi connectivity index (χ3v) is 7.57. The fourth-order valence-corrected chi connectivity index (χ4v) is 5.22. The molecule has 1 N–H and O–H groups in total. The highest BCUT2D eigenvalue weighted by atomic mass is 32.2. The largest absolute Gasteiger partial charge is 0.312 e. The van der Waals surface area contributed by atoms with Crippen molar-refractivity contribution < 1.29 is 13.2 Å². The van der Waals surface area contributed by atoms with E-state index < -0.39 is 9.84 Å². The lowest BCUT2D eigenvalue weighted by Crippen LogP contribution is -2.12. The van der Waals surface area contributed by atoms with Crippen LogP contribution in [0.3, 0.4) is 0 Å². The van der Waals surface area contributed by atoms with Crippen LogP contribution in [0.5, 0.6) is 0 Å². The molecule has 0 saturated carbocycles. The van der Waals surface area contributed by atoms with Crippen molar-refractivity contribution in [2.75, 3.05) is 11.1 Å². The Bertz CT molecular complexity index is 967. The van der Waals surface area contributed by atoms with Crippen LogP contribution in [0.15, 0.2) is 29.2 Å². The number of nitrogens with one attached hydrogen (secondary N) is 1. The number of benzene rings is 1. The predicted octanol–water partition coefficient (Wildman–Crippen LogP) is 3.93. The molecule has 0 unspecified atom stereocenters. The second-order valence-electron chi connectivity index (χ2n) is 6.26. The second kappa shape index (κ2) is 7.60. The molecule has 0 radical (unpaired) electrons. The van der Waals surface area contributed by atoms with Gasteiger partial charge in [-0.15, -0.1) is 11.3 Å². The Labute approximate surface area is 157 Å². The number of rotatable bonds is 4. The molecule has 0 fully saturated rings. The lowest BCUT2D eigenvalue weighted by molar-refractivity contribution is 0.102. The molecular formula is C19H20N2O3S2. The van der Waals surface area contributed by atoms with Crippen LogP contribution in [-0.4, -0.2) is 20.1 Å². The van der Waals surface area contributed by atoms with Gasteiger partial charge in [0.05, 0.1) is 16.2 Å². The van der Waals surface area contributed by atoms with Gasteiger partial charge in [0.15, 0.2) is 9.84 Å². The van der Waals surface area contributed by atoms with Crippen molar-refractivity contribution in [3.63, 3.8) is 0 Å². The van der Waals surface area contributed by atoms with E-state index >= 15 is 0 Å². The first kappa shape index (κ1) is 18.6. The zero-order valence-corrected chi connectivity index (χ0v) is 16.2. The maximum absolute atomic E-state index is 12.5. The maximum atomic E-state index is 12.5. The second-order valence-corrected chi connectivity index (χ2v) is 9.65. The lowest BCUT2D eigenvalue weighted by atomic mass is 10.1. The molecular weight excluding hydrogens is 368 g/mol. The number of hydrogen-bond acceptors (Lipinski definition) is 5. The van der Waals surface area contributed by atoms with Gasteiger partial charge in [-0.05, 0) is 55.5 Å². The predicted molar refractivity (Wildman–Crippen MR) is 102 cm³/mol. The van der Waals surface area contributed by atoms with Gasteiger partial charge in [0, 0.05) is 10.4 Å². The van der Waals surface area contributed by atoms with Gasteiger partial charge in [0.2, 0.25) is 0 Å². The number of nitrogens with zero attached hydrogens (tertiary/aromatic N) is 1. The van der Waals surface area contributed by atoms with Crippen molar-refractivity contribution in [2.24, 2.45) is 0 Å². The van der Waals surface area contributed by atoms with Crippen molar-refractivity contribution in [2.45, 2.75) is 43.9 Å². The minimum atomic E-state index is -3.29. The van der Waals surface area contributed by atoms with Crippen LogP contribution < -0.4 is 5.32 Å². The molecule has 1 aliphatic rings. The van der Waals surface area contributed by atoms with Crippen molar-refractivity contribution in [1.29, 1.82) is 5.26 Å². The van der Waals surface area contributed by atoms with Crippen molar-refractivity contribution in [3.05, 3.63) is 45.8 Å². The fourth-order valence-electron chi connectivity index (χ4n) is 3.10. The monoisotopic (exact) mass is 388 g/mol. The molecule has 2 aromatic rings. The Morgan fingerprint density at radius 2 is 1.88 bits per heavy atom.